The first-order valence-corrected chi connectivity index (χ1v) is 8.50. The number of hydrogen-bond acceptors (Lipinski definition) is 1. The summed E-state index contributed by atoms with van der Waals surface area (Å²) in [5, 5.41) is 0.719. The fourth-order valence-electron chi connectivity index (χ4n) is 2.75. The van der Waals surface area contributed by atoms with Crippen LogP contribution in [-0.2, 0) is 11.8 Å². The van der Waals surface area contributed by atoms with Crippen LogP contribution in [-0.4, -0.2) is 6.36 Å². The Morgan fingerprint density at radius 2 is 1.60 bits per heavy atom. The largest absolute Gasteiger partial charge is 0.573 e. The Morgan fingerprint density at radius 3 is 2.08 bits per heavy atom. The van der Waals surface area contributed by atoms with Gasteiger partial charge in [0.25, 0.3) is 0 Å². The first-order valence-electron chi connectivity index (χ1n) is 8.12. The van der Waals surface area contributed by atoms with Crippen molar-refractivity contribution in [3.63, 3.8) is 0 Å². The highest BCUT2D eigenvalue weighted by atomic mass is 35.5. The van der Waals surface area contributed by atoms with Crippen LogP contribution < -0.4 is 4.74 Å². The van der Waals surface area contributed by atoms with Gasteiger partial charge in [-0.05, 0) is 52.6 Å². The summed E-state index contributed by atoms with van der Waals surface area (Å²) in [7, 11) is 0. The van der Waals surface area contributed by atoms with Crippen LogP contribution in [0.3, 0.4) is 0 Å². The monoisotopic (exact) mass is 370 g/mol. The summed E-state index contributed by atoms with van der Waals surface area (Å²) in [4.78, 5) is 0. The van der Waals surface area contributed by atoms with E-state index in [2.05, 4.69) is 24.7 Å². The quantitative estimate of drug-likeness (QED) is 0.557. The van der Waals surface area contributed by atoms with Gasteiger partial charge in [-0.3, -0.25) is 0 Å². The molecule has 1 nitrogen and oxygen atoms in total. The lowest BCUT2D eigenvalue weighted by Gasteiger charge is -2.26. The van der Waals surface area contributed by atoms with E-state index in [4.69, 9.17) is 11.6 Å². The van der Waals surface area contributed by atoms with Crippen molar-refractivity contribution in [3.05, 3.63) is 64.2 Å². The van der Waals surface area contributed by atoms with E-state index in [0.29, 0.717) is 12.3 Å². The minimum atomic E-state index is -4.68. The lowest BCUT2D eigenvalue weighted by Crippen LogP contribution is -2.21. The molecule has 0 fully saturated rings. The van der Waals surface area contributed by atoms with Gasteiger partial charge in [-0.2, -0.15) is 0 Å². The molecule has 0 bridgehead atoms. The number of halogens is 4. The Hall–Kier alpha value is -1.68. The molecule has 0 heterocycles. The van der Waals surface area contributed by atoms with Crippen molar-refractivity contribution < 1.29 is 17.9 Å². The van der Waals surface area contributed by atoms with Crippen molar-refractivity contribution in [1.29, 1.82) is 0 Å². The molecule has 136 valence electrons. The van der Waals surface area contributed by atoms with Crippen molar-refractivity contribution in [3.8, 4) is 5.75 Å². The smallest absolute Gasteiger partial charge is 0.406 e. The molecule has 5 heteroatoms. The summed E-state index contributed by atoms with van der Waals surface area (Å²) in [5.74, 6) is 0.187. The van der Waals surface area contributed by atoms with Gasteiger partial charge in [-0.1, -0.05) is 63.6 Å². The van der Waals surface area contributed by atoms with Crippen molar-refractivity contribution in [2.24, 2.45) is 0 Å². The molecule has 0 saturated heterocycles. The van der Waals surface area contributed by atoms with E-state index in [1.807, 2.05) is 26.0 Å². The van der Waals surface area contributed by atoms with Gasteiger partial charge in [0.05, 0.1) is 0 Å². The highest BCUT2D eigenvalue weighted by Gasteiger charge is 2.31. The molecule has 0 spiro atoms. The van der Waals surface area contributed by atoms with Crippen LogP contribution in [0.2, 0.25) is 5.02 Å². The first kappa shape index (κ1) is 19.6. The van der Waals surface area contributed by atoms with E-state index in [1.54, 1.807) is 12.1 Å². The summed E-state index contributed by atoms with van der Waals surface area (Å²) < 4.78 is 40.7. The normalized spacial score (nSPS) is 12.5. The maximum Gasteiger partial charge on any atom is 0.573 e. The Balaban J connectivity index is 2.18. The summed E-state index contributed by atoms with van der Waals surface area (Å²) in [6.45, 7) is 8.30. The number of alkyl halides is 3. The highest BCUT2D eigenvalue weighted by Crippen LogP contribution is 2.33. The second-order valence-corrected chi connectivity index (χ2v) is 7.55. The van der Waals surface area contributed by atoms with Crippen LogP contribution in [0.5, 0.6) is 5.75 Å². The summed E-state index contributed by atoms with van der Waals surface area (Å²) >= 11 is 6.42. The van der Waals surface area contributed by atoms with Crippen molar-refractivity contribution in [2.45, 2.75) is 51.8 Å². The SMILES string of the molecule is CC(C)c1ccc(CC(C)(C)c2ccc(OC(F)(F)F)cc2)c(Cl)c1. The molecular weight excluding hydrogens is 349 g/mol. The van der Waals surface area contributed by atoms with Gasteiger partial charge in [0.15, 0.2) is 0 Å². The van der Waals surface area contributed by atoms with Crippen LogP contribution in [0.15, 0.2) is 42.5 Å². The van der Waals surface area contributed by atoms with Gasteiger partial charge in [0, 0.05) is 5.02 Å². The zero-order valence-electron chi connectivity index (χ0n) is 14.7. The zero-order valence-corrected chi connectivity index (χ0v) is 15.5. The molecule has 2 rings (SSSR count). The molecule has 0 aliphatic carbocycles. The second kappa shape index (κ2) is 7.28. The van der Waals surface area contributed by atoms with Crippen molar-refractivity contribution in [2.75, 3.05) is 0 Å². The predicted molar refractivity (Wildman–Crippen MR) is 95.4 cm³/mol. The molecule has 2 aromatic carbocycles. The van der Waals surface area contributed by atoms with E-state index >= 15 is 0 Å². The number of benzene rings is 2. The zero-order chi connectivity index (χ0) is 18.8. The molecule has 0 aromatic heterocycles. The molecule has 0 saturated carbocycles. The first-order chi connectivity index (χ1) is 11.5. The van der Waals surface area contributed by atoms with Gasteiger partial charge in [-0.15, -0.1) is 13.2 Å². The van der Waals surface area contributed by atoms with E-state index in [1.165, 1.54) is 17.7 Å². The fourth-order valence-corrected chi connectivity index (χ4v) is 3.01. The van der Waals surface area contributed by atoms with Crippen molar-refractivity contribution >= 4 is 11.6 Å². The molecule has 25 heavy (non-hydrogen) atoms. The van der Waals surface area contributed by atoms with Gasteiger partial charge in [-0.25, -0.2) is 0 Å². The number of ether oxygens (including phenoxy) is 1. The molecule has 0 radical (unpaired) electrons. The molecule has 2 aromatic rings. The summed E-state index contributed by atoms with van der Waals surface area (Å²) in [6.07, 6.45) is -3.99. The van der Waals surface area contributed by atoms with E-state index in [9.17, 15) is 13.2 Å². The summed E-state index contributed by atoms with van der Waals surface area (Å²) in [5.41, 5.74) is 2.85. The van der Waals surface area contributed by atoms with Crippen LogP contribution >= 0.6 is 11.6 Å². The van der Waals surface area contributed by atoms with Crippen LogP contribution in [0, 0.1) is 0 Å². The minimum Gasteiger partial charge on any atom is -0.406 e. The standard InChI is InChI=1S/C20H22ClF3O/c1-13(2)14-5-6-15(18(21)11-14)12-19(3,4)16-7-9-17(10-8-16)25-20(22,23)24/h5-11,13H,12H2,1-4H3. The summed E-state index contributed by atoms with van der Waals surface area (Å²) in [6, 6.07) is 12.1. The van der Waals surface area contributed by atoms with Gasteiger partial charge in [0.2, 0.25) is 0 Å². The third-order valence-corrected chi connectivity index (χ3v) is 4.60. The third kappa shape index (κ3) is 5.40. The Labute approximate surface area is 151 Å². The Bertz CT molecular complexity index is 719. The average Bonchev–Trinajstić information content (AvgIpc) is 2.48. The molecule has 0 amide bonds. The number of hydrogen-bond donors (Lipinski definition) is 0. The minimum absolute atomic E-state index is 0.216. The maximum absolute atomic E-state index is 12.3. The molecule has 0 atom stereocenters. The highest BCUT2D eigenvalue weighted by molar-refractivity contribution is 6.31. The lowest BCUT2D eigenvalue weighted by atomic mass is 9.79. The Kier molecular flexibility index (Phi) is 5.72. The van der Waals surface area contributed by atoms with E-state index in [0.717, 1.165) is 16.1 Å². The van der Waals surface area contributed by atoms with E-state index < -0.39 is 6.36 Å². The van der Waals surface area contributed by atoms with Gasteiger partial charge >= 0.3 is 6.36 Å². The van der Waals surface area contributed by atoms with Gasteiger partial charge in [0.1, 0.15) is 5.75 Å². The average molecular weight is 371 g/mol. The van der Waals surface area contributed by atoms with Gasteiger partial charge < -0.3 is 4.74 Å². The molecule has 0 N–H and O–H groups in total. The van der Waals surface area contributed by atoms with Crippen LogP contribution in [0.25, 0.3) is 0 Å². The molecule has 0 unspecified atom stereocenters. The topological polar surface area (TPSA) is 9.23 Å². The van der Waals surface area contributed by atoms with Crippen molar-refractivity contribution in [1.82, 2.24) is 0 Å². The molecule has 0 aliphatic rings. The van der Waals surface area contributed by atoms with Crippen LogP contribution in [0.1, 0.15) is 50.3 Å². The second-order valence-electron chi connectivity index (χ2n) is 7.14. The molecular formula is C20H22ClF3O. The Morgan fingerprint density at radius 1 is 1.00 bits per heavy atom. The fraction of sp³-hybridized carbons (Fsp3) is 0.400. The third-order valence-electron chi connectivity index (χ3n) is 4.25. The number of rotatable bonds is 5. The van der Waals surface area contributed by atoms with Crippen LogP contribution in [0.4, 0.5) is 13.2 Å². The maximum atomic E-state index is 12.3. The van der Waals surface area contributed by atoms with E-state index in [-0.39, 0.29) is 11.2 Å². The molecule has 0 aliphatic heterocycles. The predicted octanol–water partition coefficient (Wildman–Crippen LogP) is 6.88. The lowest BCUT2D eigenvalue weighted by molar-refractivity contribution is -0.274.